The number of thiazole rings is 1. The predicted molar refractivity (Wildman–Crippen MR) is 107 cm³/mol. The highest BCUT2D eigenvalue weighted by Crippen LogP contribution is 2.29. The third-order valence-corrected chi connectivity index (χ3v) is 6.29. The number of aromatic nitrogens is 1. The predicted octanol–water partition coefficient (Wildman–Crippen LogP) is 4.66. The van der Waals surface area contributed by atoms with Gasteiger partial charge in [-0.15, -0.1) is 0 Å². The number of hydrogen-bond donors (Lipinski definition) is 1. The Balaban J connectivity index is 1.79. The first kappa shape index (κ1) is 18.8. The van der Waals surface area contributed by atoms with Crippen LogP contribution in [0.3, 0.4) is 0 Å². The molecule has 134 valence electrons. The van der Waals surface area contributed by atoms with Gasteiger partial charge in [0, 0.05) is 12.3 Å². The highest BCUT2D eigenvalue weighted by molar-refractivity contribution is 7.90. The molecule has 0 saturated heterocycles. The molecule has 26 heavy (non-hydrogen) atoms. The molecule has 1 heterocycles. The van der Waals surface area contributed by atoms with Crippen molar-refractivity contribution >= 4 is 71.7 Å². The number of sulfone groups is 1. The number of amides is 1. The average molecular weight is 427 g/mol. The summed E-state index contributed by atoms with van der Waals surface area (Å²) in [6.45, 7) is 0. The number of anilines is 1. The lowest BCUT2D eigenvalue weighted by atomic mass is 10.2. The minimum absolute atomic E-state index is 0.210. The number of carbonyl (C=O) groups excluding carboxylic acids is 1. The molecule has 0 bridgehead atoms. The minimum Gasteiger partial charge on any atom is -0.298 e. The summed E-state index contributed by atoms with van der Waals surface area (Å²) < 4.78 is 23.9. The number of hydrogen-bond acceptors (Lipinski definition) is 5. The number of nitrogens with zero attached hydrogens (tertiary/aromatic N) is 1. The largest absolute Gasteiger partial charge is 0.298 e. The first-order chi connectivity index (χ1) is 12.2. The van der Waals surface area contributed by atoms with Gasteiger partial charge in [0.1, 0.15) is 0 Å². The van der Waals surface area contributed by atoms with Crippen molar-refractivity contribution in [2.24, 2.45) is 0 Å². The van der Waals surface area contributed by atoms with Crippen LogP contribution in [-0.4, -0.2) is 25.6 Å². The molecule has 0 fully saturated rings. The molecular weight excluding hydrogens is 415 g/mol. The topological polar surface area (TPSA) is 76.1 Å². The second kappa shape index (κ2) is 7.36. The van der Waals surface area contributed by atoms with Gasteiger partial charge in [-0.05, 0) is 35.9 Å². The second-order valence-corrected chi connectivity index (χ2v) is 9.22. The lowest BCUT2D eigenvalue weighted by Gasteiger charge is -2.00. The molecular formula is C17H12Cl2N2O3S2. The fourth-order valence-corrected chi connectivity index (χ4v) is 4.15. The van der Waals surface area contributed by atoms with Crippen LogP contribution in [0.15, 0.2) is 47.4 Å². The summed E-state index contributed by atoms with van der Waals surface area (Å²) in [5.41, 5.74) is 1.23. The van der Waals surface area contributed by atoms with Crippen LogP contribution in [0.2, 0.25) is 10.0 Å². The molecule has 5 nitrogen and oxygen atoms in total. The maximum atomic E-state index is 12.1. The molecule has 1 aromatic heterocycles. The van der Waals surface area contributed by atoms with E-state index in [1.165, 1.54) is 23.5 Å². The van der Waals surface area contributed by atoms with Gasteiger partial charge in [-0.2, -0.15) is 0 Å². The third kappa shape index (κ3) is 4.24. The maximum Gasteiger partial charge on any atom is 0.250 e. The van der Waals surface area contributed by atoms with Crippen molar-refractivity contribution in [1.82, 2.24) is 4.98 Å². The van der Waals surface area contributed by atoms with Gasteiger partial charge < -0.3 is 0 Å². The summed E-state index contributed by atoms with van der Waals surface area (Å²) in [7, 11) is -3.30. The van der Waals surface area contributed by atoms with Gasteiger partial charge in [0.2, 0.25) is 5.91 Å². The lowest BCUT2D eigenvalue weighted by molar-refractivity contribution is -0.111. The quantitative estimate of drug-likeness (QED) is 0.615. The van der Waals surface area contributed by atoms with E-state index in [0.29, 0.717) is 31.0 Å². The first-order valence-corrected chi connectivity index (χ1v) is 10.7. The molecule has 9 heteroatoms. The van der Waals surface area contributed by atoms with Gasteiger partial charge in [-0.3, -0.25) is 10.1 Å². The number of fused-ring (bicyclic) bond motifs is 1. The van der Waals surface area contributed by atoms with Crippen LogP contribution >= 0.6 is 34.5 Å². The first-order valence-electron chi connectivity index (χ1n) is 7.28. The van der Waals surface area contributed by atoms with E-state index < -0.39 is 9.84 Å². The van der Waals surface area contributed by atoms with E-state index in [1.54, 1.807) is 36.4 Å². The van der Waals surface area contributed by atoms with Gasteiger partial charge in [-0.1, -0.05) is 46.7 Å². The fourth-order valence-electron chi connectivity index (χ4n) is 2.15. The monoisotopic (exact) mass is 426 g/mol. The Kier molecular flexibility index (Phi) is 5.34. The van der Waals surface area contributed by atoms with Crippen molar-refractivity contribution in [3.05, 3.63) is 58.1 Å². The van der Waals surface area contributed by atoms with E-state index in [-0.39, 0.29) is 10.8 Å². The molecule has 0 aliphatic carbocycles. The third-order valence-electron chi connectivity index (χ3n) is 3.41. The lowest BCUT2D eigenvalue weighted by Crippen LogP contribution is -2.07. The second-order valence-electron chi connectivity index (χ2n) is 5.39. The molecule has 0 spiro atoms. The van der Waals surface area contributed by atoms with Gasteiger partial charge in [-0.25, -0.2) is 13.4 Å². The summed E-state index contributed by atoms with van der Waals surface area (Å²) in [5.74, 6) is -0.386. The number of halogens is 2. The normalized spacial score (nSPS) is 12.0. The van der Waals surface area contributed by atoms with Crippen molar-refractivity contribution in [3.8, 4) is 0 Å². The Morgan fingerprint density at radius 2 is 2.00 bits per heavy atom. The Morgan fingerprint density at radius 1 is 1.23 bits per heavy atom. The molecule has 2 aromatic carbocycles. The van der Waals surface area contributed by atoms with Crippen LogP contribution in [0.1, 0.15) is 5.56 Å². The van der Waals surface area contributed by atoms with E-state index in [2.05, 4.69) is 10.3 Å². The fraction of sp³-hybridized carbons (Fsp3) is 0.0588. The number of nitrogens with one attached hydrogen (secondary N) is 1. The summed E-state index contributed by atoms with van der Waals surface area (Å²) in [6.07, 6.45) is 4.02. The molecule has 0 aliphatic rings. The van der Waals surface area contributed by atoms with E-state index in [4.69, 9.17) is 23.2 Å². The molecule has 0 aliphatic heterocycles. The van der Waals surface area contributed by atoms with E-state index in [1.807, 2.05) is 0 Å². The summed E-state index contributed by atoms with van der Waals surface area (Å²) in [6, 6.07) is 9.78. The molecule has 0 radical (unpaired) electrons. The van der Waals surface area contributed by atoms with Gasteiger partial charge >= 0.3 is 0 Å². The van der Waals surface area contributed by atoms with Crippen LogP contribution in [-0.2, 0) is 14.6 Å². The average Bonchev–Trinajstić information content (AvgIpc) is 2.96. The van der Waals surface area contributed by atoms with Crippen molar-refractivity contribution in [1.29, 1.82) is 0 Å². The summed E-state index contributed by atoms with van der Waals surface area (Å²) in [4.78, 5) is 16.6. The highest BCUT2D eigenvalue weighted by Gasteiger charge is 2.11. The van der Waals surface area contributed by atoms with Crippen LogP contribution in [0.25, 0.3) is 16.3 Å². The Bertz CT molecular complexity index is 1140. The van der Waals surface area contributed by atoms with Crippen LogP contribution in [0, 0.1) is 0 Å². The van der Waals surface area contributed by atoms with E-state index in [9.17, 15) is 13.2 Å². The van der Waals surface area contributed by atoms with Crippen molar-refractivity contribution in [3.63, 3.8) is 0 Å². The SMILES string of the molecule is CS(=O)(=O)c1ccc2nc(NC(=O)C=Cc3cccc(Cl)c3Cl)sc2c1. The Labute approximate surface area is 164 Å². The van der Waals surface area contributed by atoms with E-state index in [0.717, 1.165) is 6.26 Å². The molecule has 3 rings (SSSR count). The van der Waals surface area contributed by atoms with Gasteiger partial charge in [0.25, 0.3) is 0 Å². The molecule has 0 unspecified atom stereocenters. The van der Waals surface area contributed by atoms with Crippen molar-refractivity contribution < 1.29 is 13.2 Å². The van der Waals surface area contributed by atoms with Crippen molar-refractivity contribution in [2.45, 2.75) is 4.90 Å². The number of carbonyl (C=O) groups is 1. The molecule has 1 N–H and O–H groups in total. The standard InChI is InChI=1S/C17H12Cl2N2O3S2/c1-26(23,24)11-6-7-13-14(9-11)25-17(20-13)21-15(22)8-5-10-3-2-4-12(18)16(10)19/h2-9H,1H3,(H,20,21,22). The molecule has 0 saturated carbocycles. The molecule has 3 aromatic rings. The van der Waals surface area contributed by atoms with Gasteiger partial charge in [0.05, 0.1) is 25.2 Å². The zero-order valence-electron chi connectivity index (χ0n) is 13.4. The zero-order valence-corrected chi connectivity index (χ0v) is 16.5. The van der Waals surface area contributed by atoms with Crippen molar-refractivity contribution in [2.75, 3.05) is 11.6 Å². The number of rotatable bonds is 4. The molecule has 0 atom stereocenters. The maximum absolute atomic E-state index is 12.1. The van der Waals surface area contributed by atoms with Crippen LogP contribution < -0.4 is 5.32 Å². The summed E-state index contributed by atoms with van der Waals surface area (Å²) >= 11 is 13.2. The zero-order chi connectivity index (χ0) is 18.9. The van der Waals surface area contributed by atoms with E-state index >= 15 is 0 Å². The molecule has 1 amide bonds. The smallest absolute Gasteiger partial charge is 0.250 e. The van der Waals surface area contributed by atoms with Crippen LogP contribution in [0.4, 0.5) is 5.13 Å². The Morgan fingerprint density at radius 3 is 2.73 bits per heavy atom. The highest BCUT2D eigenvalue weighted by atomic mass is 35.5. The minimum atomic E-state index is -3.30. The number of benzene rings is 2. The van der Waals surface area contributed by atoms with Gasteiger partial charge in [0.15, 0.2) is 15.0 Å². The summed E-state index contributed by atoms with van der Waals surface area (Å²) in [5, 5.41) is 3.79. The van der Waals surface area contributed by atoms with Crippen LogP contribution in [0.5, 0.6) is 0 Å². The Hall–Kier alpha value is -1.93.